The smallest absolute Gasteiger partial charge is 0.172 e. The summed E-state index contributed by atoms with van der Waals surface area (Å²) >= 11 is 0. The highest BCUT2D eigenvalue weighted by Gasteiger charge is 2.45. The van der Waals surface area contributed by atoms with Gasteiger partial charge in [0.25, 0.3) is 0 Å². The van der Waals surface area contributed by atoms with Gasteiger partial charge in [-0.15, -0.1) is 0 Å². The lowest BCUT2D eigenvalue weighted by molar-refractivity contribution is -0.178. The first-order valence-corrected chi connectivity index (χ1v) is 11.2. The largest absolute Gasteiger partial charge is 0.491 e. The molecule has 0 aromatic heterocycles. The van der Waals surface area contributed by atoms with E-state index in [1.807, 2.05) is 44.2 Å². The van der Waals surface area contributed by atoms with E-state index in [2.05, 4.69) is 0 Å². The molecule has 0 saturated carbocycles. The first-order chi connectivity index (χ1) is 14.9. The molecule has 0 aliphatic heterocycles. The predicted molar refractivity (Wildman–Crippen MR) is 121 cm³/mol. The standard InChI is InChI=1S/C24H41F2NO5/c1-6-22(3,32-18-23(4,26)24(5,27)31-14-12-19(2)25)13-15-29-16-20(28)17-30-21-10-8-7-9-11-21/h7-11,19-20,28H,6,12-18,27H2,1-5H3. The molecule has 1 aromatic rings. The van der Waals surface area contributed by atoms with Crippen molar-refractivity contribution in [1.82, 2.24) is 0 Å². The zero-order valence-corrected chi connectivity index (χ0v) is 20.1. The number of rotatable bonds is 17. The number of ether oxygens (including phenoxy) is 4. The Labute approximate surface area is 191 Å². The van der Waals surface area contributed by atoms with E-state index in [1.54, 1.807) is 0 Å². The molecule has 0 radical (unpaired) electrons. The normalized spacial score (nSPS) is 19.4. The third-order valence-electron chi connectivity index (χ3n) is 5.66. The SMILES string of the molecule is CCC(C)(CCOCC(O)COc1ccccc1)OCC(C)(F)C(C)(N)OCCC(C)F. The van der Waals surface area contributed by atoms with Gasteiger partial charge in [-0.1, -0.05) is 25.1 Å². The van der Waals surface area contributed by atoms with E-state index in [4.69, 9.17) is 24.7 Å². The number of nitrogens with two attached hydrogens (primary N) is 1. The number of halogens is 2. The zero-order chi connectivity index (χ0) is 24.3. The number of aliphatic hydroxyl groups is 1. The fourth-order valence-electron chi connectivity index (χ4n) is 2.65. The Morgan fingerprint density at radius 1 is 1.06 bits per heavy atom. The van der Waals surface area contributed by atoms with Gasteiger partial charge in [-0.3, -0.25) is 0 Å². The average molecular weight is 462 g/mol. The summed E-state index contributed by atoms with van der Waals surface area (Å²) in [5.74, 6) is 0.683. The van der Waals surface area contributed by atoms with Crippen molar-refractivity contribution in [2.24, 2.45) is 5.73 Å². The molecule has 1 rings (SSSR count). The van der Waals surface area contributed by atoms with E-state index in [-0.39, 0.29) is 32.8 Å². The van der Waals surface area contributed by atoms with Gasteiger partial charge in [0.2, 0.25) is 0 Å². The Kier molecular flexibility index (Phi) is 12.0. The maximum Gasteiger partial charge on any atom is 0.172 e. The van der Waals surface area contributed by atoms with Gasteiger partial charge in [0.05, 0.1) is 31.6 Å². The van der Waals surface area contributed by atoms with Crippen LogP contribution in [-0.4, -0.2) is 67.4 Å². The number of hydrogen-bond acceptors (Lipinski definition) is 6. The van der Waals surface area contributed by atoms with E-state index in [0.717, 1.165) is 0 Å². The van der Waals surface area contributed by atoms with Crippen LogP contribution in [0.1, 0.15) is 53.9 Å². The summed E-state index contributed by atoms with van der Waals surface area (Å²) in [4.78, 5) is 0. The second kappa shape index (κ2) is 13.4. The molecular weight excluding hydrogens is 420 g/mol. The molecule has 8 heteroatoms. The highest BCUT2D eigenvalue weighted by Crippen LogP contribution is 2.30. The van der Waals surface area contributed by atoms with Crippen molar-refractivity contribution in [3.63, 3.8) is 0 Å². The molecule has 1 aromatic carbocycles. The van der Waals surface area contributed by atoms with E-state index in [9.17, 15) is 9.50 Å². The summed E-state index contributed by atoms with van der Waals surface area (Å²) in [5.41, 5.74) is 1.78. The molecule has 186 valence electrons. The van der Waals surface area contributed by atoms with Crippen LogP contribution < -0.4 is 10.5 Å². The summed E-state index contributed by atoms with van der Waals surface area (Å²) < 4.78 is 50.6. The van der Waals surface area contributed by atoms with Crippen LogP contribution in [0.15, 0.2) is 30.3 Å². The molecule has 0 saturated heterocycles. The fourth-order valence-corrected chi connectivity index (χ4v) is 2.65. The van der Waals surface area contributed by atoms with Gasteiger partial charge in [-0.2, -0.15) is 0 Å². The molecule has 0 amide bonds. The van der Waals surface area contributed by atoms with Gasteiger partial charge in [0.1, 0.15) is 24.2 Å². The first-order valence-electron chi connectivity index (χ1n) is 11.2. The molecule has 6 nitrogen and oxygen atoms in total. The average Bonchev–Trinajstić information content (AvgIpc) is 2.74. The Bertz CT molecular complexity index is 630. The van der Waals surface area contributed by atoms with Gasteiger partial charge < -0.3 is 29.8 Å². The van der Waals surface area contributed by atoms with E-state index in [1.165, 1.54) is 20.8 Å². The Morgan fingerprint density at radius 2 is 1.72 bits per heavy atom. The molecule has 5 atom stereocenters. The minimum absolute atomic E-state index is 0.0272. The van der Waals surface area contributed by atoms with Crippen LogP contribution in [0.25, 0.3) is 0 Å². The summed E-state index contributed by atoms with van der Waals surface area (Å²) in [6, 6.07) is 9.23. The van der Waals surface area contributed by atoms with Gasteiger partial charge in [-0.25, -0.2) is 8.78 Å². The number of hydrogen-bond donors (Lipinski definition) is 2. The third kappa shape index (κ3) is 10.5. The van der Waals surface area contributed by atoms with Crippen LogP contribution in [-0.2, 0) is 14.2 Å². The minimum atomic E-state index is -1.98. The van der Waals surface area contributed by atoms with Gasteiger partial charge in [0, 0.05) is 13.0 Å². The van der Waals surface area contributed by atoms with E-state index in [0.29, 0.717) is 25.2 Å². The van der Waals surface area contributed by atoms with Crippen molar-refractivity contribution >= 4 is 0 Å². The molecule has 5 unspecified atom stereocenters. The predicted octanol–water partition coefficient (Wildman–Crippen LogP) is 4.19. The zero-order valence-electron chi connectivity index (χ0n) is 20.1. The lowest BCUT2D eigenvalue weighted by Crippen LogP contribution is -2.59. The highest BCUT2D eigenvalue weighted by molar-refractivity contribution is 5.20. The van der Waals surface area contributed by atoms with E-state index >= 15 is 4.39 Å². The lowest BCUT2D eigenvalue weighted by atomic mass is 9.95. The summed E-state index contributed by atoms with van der Waals surface area (Å²) in [6.45, 7) is 8.32. The first kappa shape index (κ1) is 28.7. The molecule has 0 heterocycles. The van der Waals surface area contributed by atoms with Gasteiger partial charge >= 0.3 is 0 Å². The highest BCUT2D eigenvalue weighted by atomic mass is 19.1. The van der Waals surface area contributed by atoms with Gasteiger partial charge in [0.15, 0.2) is 5.67 Å². The van der Waals surface area contributed by atoms with Crippen molar-refractivity contribution in [1.29, 1.82) is 0 Å². The number of benzene rings is 1. The number of aliphatic hydroxyl groups excluding tert-OH is 1. The van der Waals surface area contributed by atoms with E-state index < -0.39 is 29.3 Å². The second-order valence-electron chi connectivity index (χ2n) is 8.92. The molecule has 0 aliphatic rings. The van der Waals surface area contributed by atoms with Gasteiger partial charge in [-0.05, 0) is 52.7 Å². The molecule has 0 aliphatic carbocycles. The van der Waals surface area contributed by atoms with Crippen molar-refractivity contribution < 1.29 is 32.8 Å². The maximum atomic E-state index is 15.2. The van der Waals surface area contributed by atoms with Crippen LogP contribution in [0, 0.1) is 0 Å². The van der Waals surface area contributed by atoms with Crippen LogP contribution in [0.5, 0.6) is 5.75 Å². The third-order valence-corrected chi connectivity index (χ3v) is 5.66. The summed E-state index contributed by atoms with van der Waals surface area (Å²) in [7, 11) is 0. The Hall–Kier alpha value is -1.32. The molecule has 0 spiro atoms. The molecule has 0 bridgehead atoms. The molecular formula is C24H41F2NO5. The van der Waals surface area contributed by atoms with Crippen LogP contribution in [0.2, 0.25) is 0 Å². The van der Waals surface area contributed by atoms with Crippen LogP contribution >= 0.6 is 0 Å². The van der Waals surface area contributed by atoms with Crippen molar-refractivity contribution in [2.45, 2.75) is 83.2 Å². The van der Waals surface area contributed by atoms with Crippen molar-refractivity contribution in [3.05, 3.63) is 30.3 Å². The van der Waals surface area contributed by atoms with Crippen LogP contribution in [0.4, 0.5) is 8.78 Å². The molecule has 3 N–H and O–H groups in total. The number of alkyl halides is 2. The summed E-state index contributed by atoms with van der Waals surface area (Å²) in [5, 5.41) is 10.0. The number of para-hydroxylation sites is 1. The van der Waals surface area contributed by atoms with Crippen molar-refractivity contribution in [3.8, 4) is 5.75 Å². The maximum absolute atomic E-state index is 15.2. The molecule has 0 fully saturated rings. The van der Waals surface area contributed by atoms with Crippen molar-refractivity contribution in [2.75, 3.05) is 33.0 Å². The topological polar surface area (TPSA) is 83.2 Å². The Balaban J connectivity index is 2.38. The monoisotopic (exact) mass is 461 g/mol. The minimum Gasteiger partial charge on any atom is -0.491 e. The quantitative estimate of drug-likeness (QED) is 0.267. The fraction of sp³-hybridized carbons (Fsp3) is 0.750. The second-order valence-corrected chi connectivity index (χ2v) is 8.92. The summed E-state index contributed by atoms with van der Waals surface area (Å²) in [6.07, 6.45) is -0.517. The molecule has 32 heavy (non-hydrogen) atoms. The van der Waals surface area contributed by atoms with Crippen LogP contribution in [0.3, 0.4) is 0 Å². The Morgan fingerprint density at radius 3 is 2.31 bits per heavy atom. The lowest BCUT2D eigenvalue weighted by Gasteiger charge is -2.40.